The fourth-order valence-electron chi connectivity index (χ4n) is 2.09. The van der Waals surface area contributed by atoms with E-state index in [1.54, 1.807) is 6.20 Å². The van der Waals surface area contributed by atoms with Gasteiger partial charge in [-0.25, -0.2) is 0 Å². The summed E-state index contributed by atoms with van der Waals surface area (Å²) in [4.78, 5) is 0. The smallest absolute Gasteiger partial charge is 0.150 e. The number of rotatable bonds is 3. The summed E-state index contributed by atoms with van der Waals surface area (Å²) in [7, 11) is 0. The Morgan fingerprint density at radius 2 is 2.27 bits per heavy atom. The van der Waals surface area contributed by atoms with Crippen molar-refractivity contribution in [2.45, 2.75) is 50.8 Å². The van der Waals surface area contributed by atoms with E-state index < -0.39 is 0 Å². The van der Waals surface area contributed by atoms with Crippen molar-refractivity contribution in [3.05, 3.63) is 18.0 Å². The third-order valence-corrected chi connectivity index (χ3v) is 3.01. The van der Waals surface area contributed by atoms with E-state index in [1.807, 2.05) is 6.07 Å². The zero-order valence-electron chi connectivity index (χ0n) is 8.85. The van der Waals surface area contributed by atoms with Gasteiger partial charge >= 0.3 is 0 Å². The van der Waals surface area contributed by atoms with Crippen LogP contribution in [-0.4, -0.2) is 22.4 Å². The first-order chi connectivity index (χ1) is 7.36. The second-order valence-corrected chi connectivity index (χ2v) is 4.17. The molecule has 1 aliphatic rings. The maximum Gasteiger partial charge on any atom is 0.150 e. The van der Waals surface area contributed by atoms with Crippen molar-refractivity contribution >= 4 is 0 Å². The number of aromatic nitrogens is 1. The molecule has 0 aromatic carbocycles. The molecule has 1 saturated carbocycles. The van der Waals surface area contributed by atoms with E-state index in [0.717, 1.165) is 25.0 Å². The van der Waals surface area contributed by atoms with Crippen molar-refractivity contribution < 1.29 is 9.63 Å². The number of hydrogen-bond donors (Lipinski definition) is 2. The van der Waals surface area contributed by atoms with Gasteiger partial charge in [-0.2, -0.15) is 0 Å². The topological polar surface area (TPSA) is 58.3 Å². The van der Waals surface area contributed by atoms with Gasteiger partial charge in [0.1, 0.15) is 5.76 Å². The molecule has 0 amide bonds. The van der Waals surface area contributed by atoms with E-state index >= 15 is 0 Å². The summed E-state index contributed by atoms with van der Waals surface area (Å²) in [6, 6.07) is 2.05. The summed E-state index contributed by atoms with van der Waals surface area (Å²) in [6.07, 6.45) is 6.96. The van der Waals surface area contributed by atoms with Crippen LogP contribution in [-0.2, 0) is 6.54 Å². The largest absolute Gasteiger partial charge is 0.392 e. The predicted molar refractivity (Wildman–Crippen MR) is 56.2 cm³/mol. The molecule has 1 heterocycles. The molecule has 1 aromatic rings. The average molecular weight is 210 g/mol. The van der Waals surface area contributed by atoms with Gasteiger partial charge in [0, 0.05) is 12.1 Å². The van der Waals surface area contributed by atoms with Gasteiger partial charge in [-0.15, -0.1) is 0 Å². The molecule has 0 radical (unpaired) electrons. The van der Waals surface area contributed by atoms with Crippen LogP contribution in [0, 0.1) is 0 Å². The molecule has 1 aromatic heterocycles. The molecule has 2 unspecified atom stereocenters. The Morgan fingerprint density at radius 3 is 3.07 bits per heavy atom. The van der Waals surface area contributed by atoms with Gasteiger partial charge in [0.25, 0.3) is 0 Å². The lowest BCUT2D eigenvalue weighted by Gasteiger charge is -2.20. The highest BCUT2D eigenvalue weighted by Gasteiger charge is 2.20. The van der Waals surface area contributed by atoms with Crippen LogP contribution in [0.1, 0.15) is 37.9 Å². The highest BCUT2D eigenvalue weighted by atomic mass is 16.5. The van der Waals surface area contributed by atoms with Gasteiger partial charge in [-0.05, 0) is 12.8 Å². The Kier molecular flexibility index (Phi) is 3.75. The van der Waals surface area contributed by atoms with E-state index in [9.17, 15) is 5.11 Å². The van der Waals surface area contributed by atoms with E-state index in [2.05, 4.69) is 10.5 Å². The number of nitrogens with one attached hydrogen (secondary N) is 1. The molecule has 0 saturated heterocycles. The summed E-state index contributed by atoms with van der Waals surface area (Å²) >= 11 is 0. The predicted octanol–water partition coefficient (Wildman–Crippen LogP) is 1.46. The van der Waals surface area contributed by atoms with Crippen LogP contribution < -0.4 is 5.32 Å². The molecular weight excluding hydrogens is 192 g/mol. The van der Waals surface area contributed by atoms with Crippen molar-refractivity contribution in [3.8, 4) is 0 Å². The van der Waals surface area contributed by atoms with Crippen LogP contribution in [0.4, 0.5) is 0 Å². The van der Waals surface area contributed by atoms with Crippen LogP contribution >= 0.6 is 0 Å². The van der Waals surface area contributed by atoms with E-state index in [-0.39, 0.29) is 12.1 Å². The molecule has 2 N–H and O–H groups in total. The van der Waals surface area contributed by atoms with E-state index in [1.165, 1.54) is 12.8 Å². The van der Waals surface area contributed by atoms with Crippen LogP contribution in [0.15, 0.2) is 16.8 Å². The summed E-state index contributed by atoms with van der Waals surface area (Å²) < 4.78 is 5.00. The third-order valence-electron chi connectivity index (χ3n) is 3.01. The molecule has 2 atom stereocenters. The van der Waals surface area contributed by atoms with Crippen molar-refractivity contribution in [1.82, 2.24) is 10.5 Å². The number of hydrogen-bond acceptors (Lipinski definition) is 4. The molecular formula is C11H18N2O2. The summed E-state index contributed by atoms with van der Waals surface area (Å²) in [6.45, 7) is 0.654. The first-order valence-corrected chi connectivity index (χ1v) is 5.67. The van der Waals surface area contributed by atoms with Gasteiger partial charge in [-0.3, -0.25) is 0 Å². The monoisotopic (exact) mass is 210 g/mol. The fraction of sp³-hybridized carbons (Fsp3) is 0.727. The van der Waals surface area contributed by atoms with Crippen molar-refractivity contribution in [2.75, 3.05) is 0 Å². The highest BCUT2D eigenvalue weighted by Crippen LogP contribution is 2.18. The summed E-state index contributed by atoms with van der Waals surface area (Å²) in [5.74, 6) is 0.825. The van der Waals surface area contributed by atoms with Gasteiger partial charge < -0.3 is 14.9 Å². The molecule has 4 nitrogen and oxygen atoms in total. The second kappa shape index (κ2) is 5.28. The maximum atomic E-state index is 9.87. The Labute approximate surface area is 89.7 Å². The lowest BCUT2D eigenvalue weighted by molar-refractivity contribution is 0.118. The van der Waals surface area contributed by atoms with Gasteiger partial charge in [0.05, 0.1) is 18.8 Å². The van der Waals surface area contributed by atoms with Crippen LogP contribution in [0.25, 0.3) is 0 Å². The van der Waals surface area contributed by atoms with Gasteiger partial charge in [0.15, 0.2) is 0 Å². The van der Waals surface area contributed by atoms with Crippen LogP contribution in [0.3, 0.4) is 0 Å². The minimum atomic E-state index is -0.213. The minimum absolute atomic E-state index is 0.206. The van der Waals surface area contributed by atoms with Crippen molar-refractivity contribution in [3.63, 3.8) is 0 Å². The Hall–Kier alpha value is -0.870. The van der Waals surface area contributed by atoms with E-state index in [4.69, 9.17) is 4.52 Å². The van der Waals surface area contributed by atoms with Crippen molar-refractivity contribution in [2.24, 2.45) is 0 Å². The van der Waals surface area contributed by atoms with Gasteiger partial charge in [-0.1, -0.05) is 24.4 Å². The standard InChI is InChI=1S/C11H18N2O2/c14-11-5-3-1-2-4-10(11)12-8-9-6-7-13-15-9/h6-7,10-12,14H,1-5,8H2. The second-order valence-electron chi connectivity index (χ2n) is 4.17. The Balaban J connectivity index is 1.81. The summed E-state index contributed by atoms with van der Waals surface area (Å²) in [5.41, 5.74) is 0. The zero-order chi connectivity index (χ0) is 10.5. The fourth-order valence-corrected chi connectivity index (χ4v) is 2.09. The lowest BCUT2D eigenvalue weighted by Crippen LogP contribution is -2.38. The zero-order valence-corrected chi connectivity index (χ0v) is 8.85. The molecule has 84 valence electrons. The van der Waals surface area contributed by atoms with Gasteiger partial charge in [0.2, 0.25) is 0 Å². The summed E-state index contributed by atoms with van der Waals surface area (Å²) in [5, 5.41) is 16.8. The van der Waals surface area contributed by atoms with Crippen molar-refractivity contribution in [1.29, 1.82) is 0 Å². The van der Waals surface area contributed by atoms with E-state index in [0.29, 0.717) is 6.54 Å². The molecule has 0 spiro atoms. The molecule has 15 heavy (non-hydrogen) atoms. The lowest BCUT2D eigenvalue weighted by atomic mass is 10.1. The number of nitrogens with zero attached hydrogens (tertiary/aromatic N) is 1. The number of aliphatic hydroxyl groups excluding tert-OH is 1. The molecule has 2 rings (SSSR count). The normalized spacial score (nSPS) is 27.5. The highest BCUT2D eigenvalue weighted by molar-refractivity contribution is 4.93. The average Bonchev–Trinajstić information content (AvgIpc) is 2.67. The molecule has 1 fully saturated rings. The van der Waals surface area contributed by atoms with Crippen LogP contribution in [0.2, 0.25) is 0 Å². The Morgan fingerprint density at radius 1 is 1.40 bits per heavy atom. The first kappa shape index (κ1) is 10.6. The molecule has 0 aliphatic heterocycles. The first-order valence-electron chi connectivity index (χ1n) is 5.67. The SMILES string of the molecule is OC1CCCCCC1NCc1ccno1. The minimum Gasteiger partial charge on any atom is -0.392 e. The Bertz CT molecular complexity index is 274. The number of aliphatic hydroxyl groups is 1. The molecule has 0 bridgehead atoms. The third kappa shape index (κ3) is 3.04. The van der Waals surface area contributed by atoms with Crippen LogP contribution in [0.5, 0.6) is 0 Å². The maximum absolute atomic E-state index is 9.87. The quantitative estimate of drug-likeness (QED) is 0.741. The molecule has 4 heteroatoms. The molecule has 1 aliphatic carbocycles.